The molecule has 9 heteroatoms. The zero-order valence-corrected chi connectivity index (χ0v) is 15.9. The summed E-state index contributed by atoms with van der Waals surface area (Å²) in [5, 5.41) is 21.9. The zero-order valence-electron chi connectivity index (χ0n) is 15.9. The molecule has 5 rings (SSSR count). The highest BCUT2D eigenvalue weighted by molar-refractivity contribution is 5.79. The van der Waals surface area contributed by atoms with Gasteiger partial charge < -0.3 is 15.3 Å². The third-order valence-corrected chi connectivity index (χ3v) is 5.27. The molecule has 29 heavy (non-hydrogen) atoms. The van der Waals surface area contributed by atoms with Crippen LogP contribution in [0.15, 0.2) is 42.7 Å². The first-order valence-electron chi connectivity index (χ1n) is 9.79. The molecule has 0 spiro atoms. The molecule has 1 aromatic carbocycles. The second kappa shape index (κ2) is 7.69. The molecule has 0 bridgehead atoms. The van der Waals surface area contributed by atoms with E-state index in [9.17, 15) is 0 Å². The summed E-state index contributed by atoms with van der Waals surface area (Å²) in [5.41, 5.74) is 3.31. The van der Waals surface area contributed by atoms with Crippen molar-refractivity contribution in [3.05, 3.63) is 48.3 Å². The van der Waals surface area contributed by atoms with Crippen molar-refractivity contribution in [1.29, 1.82) is 0 Å². The SMILES string of the molecule is OCCN[C@@H]1CCN(c2cnc3nnn(Cc4ccc5ncccc5c4)c3n2)C1. The number of aliphatic hydroxyl groups is 1. The Morgan fingerprint density at radius 2 is 2.17 bits per heavy atom. The summed E-state index contributed by atoms with van der Waals surface area (Å²) < 4.78 is 1.79. The van der Waals surface area contributed by atoms with E-state index < -0.39 is 0 Å². The summed E-state index contributed by atoms with van der Waals surface area (Å²) in [5.74, 6) is 0.831. The molecule has 1 saturated heterocycles. The maximum Gasteiger partial charge on any atom is 0.221 e. The molecular weight excluding hydrogens is 368 g/mol. The fourth-order valence-electron chi connectivity index (χ4n) is 3.81. The number of aromatic nitrogens is 6. The van der Waals surface area contributed by atoms with Crippen molar-refractivity contribution in [3.8, 4) is 0 Å². The summed E-state index contributed by atoms with van der Waals surface area (Å²) in [4.78, 5) is 15.8. The van der Waals surface area contributed by atoms with Gasteiger partial charge in [0.05, 0.1) is 24.9 Å². The minimum Gasteiger partial charge on any atom is -0.395 e. The van der Waals surface area contributed by atoms with Crippen LogP contribution >= 0.6 is 0 Å². The van der Waals surface area contributed by atoms with Crippen molar-refractivity contribution in [2.24, 2.45) is 0 Å². The summed E-state index contributed by atoms with van der Waals surface area (Å²) in [7, 11) is 0. The van der Waals surface area contributed by atoms with E-state index in [1.807, 2.05) is 12.1 Å². The molecule has 9 nitrogen and oxygen atoms in total. The average molecular weight is 390 g/mol. The van der Waals surface area contributed by atoms with E-state index in [4.69, 9.17) is 10.1 Å². The first kappa shape index (κ1) is 17.9. The van der Waals surface area contributed by atoms with E-state index in [2.05, 4.69) is 48.7 Å². The third kappa shape index (κ3) is 3.62. The smallest absolute Gasteiger partial charge is 0.221 e. The van der Waals surface area contributed by atoms with E-state index in [-0.39, 0.29) is 6.61 Å². The number of fused-ring (bicyclic) bond motifs is 2. The maximum atomic E-state index is 9.00. The first-order valence-corrected chi connectivity index (χ1v) is 9.79. The minimum absolute atomic E-state index is 0.151. The molecule has 1 fully saturated rings. The second-order valence-corrected chi connectivity index (χ2v) is 7.26. The van der Waals surface area contributed by atoms with Crippen LogP contribution in [0.1, 0.15) is 12.0 Å². The van der Waals surface area contributed by atoms with E-state index in [0.717, 1.165) is 41.8 Å². The molecular formula is C20H22N8O. The Morgan fingerprint density at radius 1 is 1.21 bits per heavy atom. The quantitative estimate of drug-likeness (QED) is 0.502. The molecule has 148 valence electrons. The molecule has 4 heterocycles. The van der Waals surface area contributed by atoms with Gasteiger partial charge in [0.15, 0.2) is 5.65 Å². The van der Waals surface area contributed by atoms with Crippen LogP contribution in [0.5, 0.6) is 0 Å². The molecule has 0 saturated carbocycles. The number of pyridine rings is 1. The lowest BCUT2D eigenvalue weighted by Gasteiger charge is -2.17. The van der Waals surface area contributed by atoms with Gasteiger partial charge in [-0.05, 0) is 30.2 Å². The lowest BCUT2D eigenvalue weighted by molar-refractivity contribution is 0.286. The van der Waals surface area contributed by atoms with E-state index >= 15 is 0 Å². The normalized spacial score (nSPS) is 16.9. The van der Waals surface area contributed by atoms with Gasteiger partial charge in [-0.3, -0.25) is 4.98 Å². The highest BCUT2D eigenvalue weighted by atomic mass is 16.3. The largest absolute Gasteiger partial charge is 0.395 e. The third-order valence-electron chi connectivity index (χ3n) is 5.27. The lowest BCUT2D eigenvalue weighted by Crippen LogP contribution is -2.34. The van der Waals surface area contributed by atoms with Crippen LogP contribution in [0.4, 0.5) is 5.82 Å². The fourth-order valence-corrected chi connectivity index (χ4v) is 3.81. The number of hydrogen-bond donors (Lipinski definition) is 2. The Labute approximate surface area is 167 Å². The molecule has 1 aliphatic heterocycles. The van der Waals surface area contributed by atoms with Crippen molar-refractivity contribution in [3.63, 3.8) is 0 Å². The summed E-state index contributed by atoms with van der Waals surface area (Å²) >= 11 is 0. The molecule has 0 amide bonds. The van der Waals surface area contributed by atoms with Crippen molar-refractivity contribution < 1.29 is 5.11 Å². The Hall–Kier alpha value is -3.17. The van der Waals surface area contributed by atoms with E-state index in [0.29, 0.717) is 30.4 Å². The number of hydrogen-bond acceptors (Lipinski definition) is 8. The topological polar surface area (TPSA) is 105 Å². The molecule has 0 aliphatic carbocycles. The predicted octanol–water partition coefficient (Wildman–Crippen LogP) is 0.978. The number of nitrogens with one attached hydrogen (secondary N) is 1. The fraction of sp³-hybridized carbons (Fsp3) is 0.350. The standard InChI is InChI=1S/C20H22N8O/c29-9-7-21-16-5-8-27(13-16)18-11-23-19-20(24-18)28(26-25-19)12-14-3-4-17-15(10-14)2-1-6-22-17/h1-4,6,10-11,16,21,29H,5,7-9,12-13H2/t16-/m1/s1. The van der Waals surface area contributed by atoms with Crippen molar-refractivity contribution >= 4 is 28.0 Å². The number of nitrogens with zero attached hydrogens (tertiary/aromatic N) is 7. The summed E-state index contributed by atoms with van der Waals surface area (Å²) in [6.07, 6.45) is 4.58. The van der Waals surface area contributed by atoms with Gasteiger partial charge in [-0.2, -0.15) is 0 Å². The van der Waals surface area contributed by atoms with Crippen LogP contribution in [0.25, 0.3) is 22.2 Å². The van der Waals surface area contributed by atoms with Crippen LogP contribution in [0.3, 0.4) is 0 Å². The van der Waals surface area contributed by atoms with Crippen LogP contribution in [0.2, 0.25) is 0 Å². The minimum atomic E-state index is 0.151. The highest BCUT2D eigenvalue weighted by Gasteiger charge is 2.24. The zero-order chi connectivity index (χ0) is 19.6. The number of aliphatic hydroxyl groups excluding tert-OH is 1. The van der Waals surface area contributed by atoms with Gasteiger partial charge in [-0.1, -0.05) is 17.3 Å². The number of benzene rings is 1. The van der Waals surface area contributed by atoms with Gasteiger partial charge in [0.25, 0.3) is 0 Å². The van der Waals surface area contributed by atoms with Crippen molar-refractivity contribution in [1.82, 2.24) is 35.3 Å². The average Bonchev–Trinajstić information content (AvgIpc) is 3.39. The van der Waals surface area contributed by atoms with Gasteiger partial charge in [0.1, 0.15) is 5.82 Å². The first-order chi connectivity index (χ1) is 14.3. The highest BCUT2D eigenvalue weighted by Crippen LogP contribution is 2.20. The number of rotatable bonds is 6. The monoisotopic (exact) mass is 390 g/mol. The van der Waals surface area contributed by atoms with Gasteiger partial charge in [0.2, 0.25) is 5.65 Å². The van der Waals surface area contributed by atoms with Crippen LogP contribution in [-0.4, -0.2) is 67.3 Å². The van der Waals surface area contributed by atoms with E-state index in [1.165, 1.54) is 0 Å². The summed E-state index contributed by atoms with van der Waals surface area (Å²) in [6, 6.07) is 10.5. The van der Waals surface area contributed by atoms with Crippen LogP contribution in [0, 0.1) is 0 Å². The number of anilines is 1. The molecule has 2 N–H and O–H groups in total. The molecule has 3 aromatic heterocycles. The van der Waals surface area contributed by atoms with Crippen LogP contribution < -0.4 is 10.2 Å². The van der Waals surface area contributed by atoms with Gasteiger partial charge in [-0.15, -0.1) is 5.10 Å². The molecule has 1 atom stereocenters. The Balaban J connectivity index is 1.39. The second-order valence-electron chi connectivity index (χ2n) is 7.26. The maximum absolute atomic E-state index is 9.00. The molecule has 0 radical (unpaired) electrons. The van der Waals surface area contributed by atoms with Gasteiger partial charge in [0, 0.05) is 37.3 Å². The Morgan fingerprint density at radius 3 is 3.10 bits per heavy atom. The summed E-state index contributed by atoms with van der Waals surface area (Å²) in [6.45, 7) is 3.08. The Kier molecular flexibility index (Phi) is 4.74. The van der Waals surface area contributed by atoms with Crippen molar-refractivity contribution in [2.45, 2.75) is 19.0 Å². The van der Waals surface area contributed by atoms with E-state index in [1.54, 1.807) is 17.1 Å². The van der Waals surface area contributed by atoms with Crippen LogP contribution in [-0.2, 0) is 6.54 Å². The van der Waals surface area contributed by atoms with Crippen molar-refractivity contribution in [2.75, 3.05) is 31.1 Å². The lowest BCUT2D eigenvalue weighted by atomic mass is 10.1. The predicted molar refractivity (Wildman–Crippen MR) is 110 cm³/mol. The van der Waals surface area contributed by atoms with Gasteiger partial charge in [-0.25, -0.2) is 14.6 Å². The molecule has 1 aliphatic rings. The molecule has 0 unspecified atom stereocenters. The van der Waals surface area contributed by atoms with Gasteiger partial charge >= 0.3 is 0 Å². The molecule has 4 aromatic rings. The Bertz CT molecular complexity index is 1140.